The number of aliphatic hydroxyl groups is 1. The summed E-state index contributed by atoms with van der Waals surface area (Å²) >= 11 is 0. The monoisotopic (exact) mass is 817 g/mol. The first-order valence-electron chi connectivity index (χ1n) is 18.1. The maximum Gasteiger partial charge on any atom is 0.490 e. The summed E-state index contributed by atoms with van der Waals surface area (Å²) in [4.78, 5) is 67.0. The van der Waals surface area contributed by atoms with Crippen LogP contribution < -0.4 is 32.7 Å². The van der Waals surface area contributed by atoms with E-state index < -0.39 is 54.3 Å². The Hall–Kier alpha value is -6.37. The first kappa shape index (κ1) is 47.8. The van der Waals surface area contributed by atoms with Crippen LogP contribution in [-0.4, -0.2) is 83.5 Å². The molecule has 0 saturated heterocycles. The van der Waals surface area contributed by atoms with Crippen LogP contribution in [0.15, 0.2) is 96.2 Å². The molecule has 3 aromatic carbocycles. The van der Waals surface area contributed by atoms with Crippen molar-refractivity contribution in [3.63, 3.8) is 0 Å². The fourth-order valence-electron chi connectivity index (χ4n) is 5.14. The molecule has 3 aromatic rings. The zero-order chi connectivity index (χ0) is 43.1. The Morgan fingerprint density at radius 2 is 1.36 bits per heavy atom. The Balaban J connectivity index is 0.00000151. The molecule has 0 aromatic heterocycles. The van der Waals surface area contributed by atoms with E-state index in [0.29, 0.717) is 24.9 Å². The first-order valence-corrected chi connectivity index (χ1v) is 18.1. The molecular formula is C39H50F3N7O9. The van der Waals surface area contributed by atoms with E-state index in [2.05, 4.69) is 26.4 Å². The van der Waals surface area contributed by atoms with Gasteiger partial charge in [-0.1, -0.05) is 105 Å². The van der Waals surface area contributed by atoms with Crippen molar-refractivity contribution in [2.75, 3.05) is 13.2 Å². The maximum atomic E-state index is 13.9. The number of aliphatic carboxylic acids is 1. The second kappa shape index (κ2) is 25.0. The molecule has 58 heavy (non-hydrogen) atoms. The smallest absolute Gasteiger partial charge is 0.475 e. The summed E-state index contributed by atoms with van der Waals surface area (Å²) in [6.45, 7) is 4.06. The molecule has 0 aliphatic heterocycles. The molecule has 0 bridgehead atoms. The number of carbonyl (C=O) groups is 5. The summed E-state index contributed by atoms with van der Waals surface area (Å²) in [5.74, 6) is -4.72. The molecule has 4 atom stereocenters. The van der Waals surface area contributed by atoms with Crippen LogP contribution in [0.3, 0.4) is 0 Å². The molecule has 3 rings (SSSR count). The molecule has 0 fully saturated rings. The van der Waals surface area contributed by atoms with E-state index in [1.807, 2.05) is 50.2 Å². The predicted octanol–water partition coefficient (Wildman–Crippen LogP) is 3.01. The predicted molar refractivity (Wildman–Crippen MR) is 206 cm³/mol. The highest BCUT2D eigenvalue weighted by Crippen LogP contribution is 2.18. The van der Waals surface area contributed by atoms with Crippen molar-refractivity contribution in [2.45, 2.75) is 76.5 Å². The van der Waals surface area contributed by atoms with Crippen LogP contribution in [0.2, 0.25) is 0 Å². The molecule has 19 heteroatoms. The minimum Gasteiger partial charge on any atom is -0.475 e. The minimum absolute atomic E-state index is 0.0365. The molecule has 4 amide bonds. The molecule has 0 heterocycles. The van der Waals surface area contributed by atoms with Gasteiger partial charge >= 0.3 is 18.2 Å². The molecule has 0 spiro atoms. The lowest BCUT2D eigenvalue weighted by atomic mass is 9.96. The number of nitrogens with zero attached hydrogens (tertiary/aromatic N) is 1. The molecule has 0 aliphatic carbocycles. The fourth-order valence-corrected chi connectivity index (χ4v) is 5.14. The summed E-state index contributed by atoms with van der Waals surface area (Å²) in [6, 6.07) is 23.9. The van der Waals surface area contributed by atoms with E-state index >= 15 is 0 Å². The van der Waals surface area contributed by atoms with Crippen molar-refractivity contribution in [3.05, 3.63) is 108 Å². The number of aliphatic hydroxyl groups excluding tert-OH is 1. The largest absolute Gasteiger partial charge is 0.490 e. The average Bonchev–Trinajstić information content (AvgIpc) is 3.17. The van der Waals surface area contributed by atoms with Crippen molar-refractivity contribution in [2.24, 2.45) is 22.5 Å². The lowest BCUT2D eigenvalue weighted by molar-refractivity contribution is -0.192. The number of carboxylic acid groups (broad SMARTS) is 1. The number of hydrogen-bond donors (Lipinski definition) is 8. The Morgan fingerprint density at radius 1 is 0.810 bits per heavy atom. The van der Waals surface area contributed by atoms with Crippen molar-refractivity contribution in [1.29, 1.82) is 0 Å². The molecule has 0 saturated carbocycles. The number of alkyl halides is 3. The van der Waals surface area contributed by atoms with E-state index in [4.69, 9.17) is 30.9 Å². The van der Waals surface area contributed by atoms with Crippen LogP contribution >= 0.6 is 0 Å². The van der Waals surface area contributed by atoms with E-state index in [-0.39, 0.29) is 43.8 Å². The number of amides is 4. The molecule has 316 valence electrons. The third-order valence-corrected chi connectivity index (χ3v) is 7.90. The summed E-state index contributed by atoms with van der Waals surface area (Å²) in [6.07, 6.45) is -6.49. The quantitative estimate of drug-likeness (QED) is 0.0356. The van der Waals surface area contributed by atoms with Crippen LogP contribution in [0, 0.1) is 5.92 Å². The lowest BCUT2D eigenvalue weighted by Gasteiger charge is -2.29. The summed E-state index contributed by atoms with van der Waals surface area (Å²) < 4.78 is 37.0. The van der Waals surface area contributed by atoms with Gasteiger partial charge in [0.05, 0.1) is 18.6 Å². The summed E-state index contributed by atoms with van der Waals surface area (Å²) in [7, 11) is 0. The Kier molecular flexibility index (Phi) is 20.6. The number of nitrogens with one attached hydrogen (secondary N) is 4. The zero-order valence-corrected chi connectivity index (χ0v) is 32.0. The number of hydrogen-bond acceptors (Lipinski definition) is 9. The number of alkyl carbamates (subject to hydrolysis) is 1. The third-order valence-electron chi connectivity index (χ3n) is 7.90. The number of carbonyl (C=O) groups excluding carboxylic acids is 4. The van der Waals surface area contributed by atoms with Gasteiger partial charge in [0.1, 0.15) is 25.3 Å². The van der Waals surface area contributed by atoms with E-state index in [0.717, 1.165) is 11.1 Å². The highest BCUT2D eigenvalue weighted by Gasteiger charge is 2.38. The second-order valence-electron chi connectivity index (χ2n) is 13.2. The number of rotatable bonds is 20. The number of guanidine groups is 1. The third kappa shape index (κ3) is 19.5. The Morgan fingerprint density at radius 3 is 1.90 bits per heavy atom. The number of halogens is 3. The maximum absolute atomic E-state index is 13.9. The van der Waals surface area contributed by atoms with E-state index in [1.165, 1.54) is 0 Å². The van der Waals surface area contributed by atoms with Crippen LogP contribution in [0.4, 0.5) is 18.0 Å². The number of carboxylic acids is 1. The fraction of sp³-hybridized carbons (Fsp3) is 0.385. The average molecular weight is 818 g/mol. The normalized spacial score (nSPS) is 12.9. The molecule has 10 N–H and O–H groups in total. The van der Waals surface area contributed by atoms with E-state index in [9.17, 15) is 37.5 Å². The van der Waals surface area contributed by atoms with Crippen molar-refractivity contribution in [3.8, 4) is 0 Å². The molecule has 16 nitrogen and oxygen atoms in total. The topological polar surface area (TPSA) is 257 Å². The SMILES string of the molecule is CC(C)C[C@H](NC(=O)[C@@H](NC(=O)[C@H](CCON=C(N)N)NC(=O)OCc1ccccc1)c1ccccc1)[C@@H](O)CC(=O)NCCc1ccccc1.O=C(O)C(F)(F)F. The van der Waals surface area contributed by atoms with E-state index in [1.54, 1.807) is 54.6 Å². The van der Waals surface area contributed by atoms with Crippen LogP contribution in [-0.2, 0) is 41.8 Å². The van der Waals surface area contributed by atoms with Gasteiger partial charge in [0.25, 0.3) is 0 Å². The molecule has 0 aliphatic rings. The standard InChI is InChI=1S/C37H49N7O7.C2HF3O2/c1-25(2)22-30(31(45)23-32(46)40-20-18-26-12-6-3-7-13-26)41-35(48)33(28-16-10-5-11-17-28)43-34(47)29(19-21-51-44-36(38)39)42-37(49)50-24-27-14-8-4-9-15-27;3-2(4,5)1(6)7/h3-17,25,29-31,33,45H,18-24H2,1-2H3,(H,40,46)(H,41,48)(H,42,49)(H,43,47)(H4,38,39,44);(H,6,7)/t29-,30-,31-,33-;/m0./s1. The van der Waals surface area contributed by atoms with Gasteiger partial charge in [0.2, 0.25) is 23.7 Å². The van der Waals surface area contributed by atoms with Crippen LogP contribution in [0.5, 0.6) is 0 Å². The molecule has 0 radical (unpaired) electrons. The van der Waals surface area contributed by atoms with Gasteiger partial charge in [0, 0.05) is 13.0 Å². The number of benzene rings is 3. The summed E-state index contributed by atoms with van der Waals surface area (Å²) in [5, 5.41) is 32.6. The molecular weight excluding hydrogens is 767 g/mol. The zero-order valence-electron chi connectivity index (χ0n) is 32.0. The van der Waals surface area contributed by atoms with Gasteiger partial charge in [-0.2, -0.15) is 13.2 Å². The van der Waals surface area contributed by atoms with Gasteiger partial charge in [0.15, 0.2) is 0 Å². The van der Waals surface area contributed by atoms with Gasteiger partial charge < -0.3 is 52.5 Å². The first-order chi connectivity index (χ1) is 27.5. The highest BCUT2D eigenvalue weighted by molar-refractivity contribution is 5.92. The van der Waals surface area contributed by atoms with Crippen molar-refractivity contribution >= 4 is 35.7 Å². The Labute approximate surface area is 333 Å². The van der Waals surface area contributed by atoms with Gasteiger partial charge in [-0.25, -0.2) is 9.59 Å². The van der Waals surface area contributed by atoms with Crippen molar-refractivity contribution < 1.29 is 56.9 Å². The number of ether oxygens (including phenoxy) is 1. The van der Waals surface area contributed by atoms with Gasteiger partial charge in [-0.3, -0.25) is 14.4 Å². The minimum atomic E-state index is -5.08. The van der Waals surface area contributed by atoms with Crippen LogP contribution in [0.25, 0.3) is 0 Å². The highest BCUT2D eigenvalue weighted by atomic mass is 19.4. The lowest BCUT2D eigenvalue weighted by Crippen LogP contribution is -2.53. The van der Waals surface area contributed by atoms with Crippen molar-refractivity contribution in [1.82, 2.24) is 21.3 Å². The number of oxime groups is 1. The molecule has 0 unspecified atom stereocenters. The second-order valence-corrected chi connectivity index (χ2v) is 13.2. The number of nitrogens with two attached hydrogens (primary N) is 2. The summed E-state index contributed by atoms with van der Waals surface area (Å²) in [5.41, 5.74) is 12.9. The van der Waals surface area contributed by atoms with Crippen LogP contribution in [0.1, 0.15) is 55.8 Å². The Bertz CT molecular complexity index is 1750. The van der Waals surface area contributed by atoms with Gasteiger partial charge in [-0.05, 0) is 40.6 Å². The van der Waals surface area contributed by atoms with Gasteiger partial charge in [-0.15, -0.1) is 0 Å².